The van der Waals surface area contributed by atoms with E-state index in [0.29, 0.717) is 38.6 Å². The number of nitro groups is 1. The number of carbonyl (C=O) groups is 2. The molecule has 3 aromatic rings. The minimum absolute atomic E-state index is 0.0136. The lowest BCUT2D eigenvalue weighted by Crippen LogP contribution is -2.41. The molecule has 0 unspecified atom stereocenters. The van der Waals surface area contributed by atoms with Gasteiger partial charge in [-0.25, -0.2) is 0 Å². The van der Waals surface area contributed by atoms with Crippen molar-refractivity contribution in [3.8, 4) is 0 Å². The van der Waals surface area contributed by atoms with Crippen LogP contribution in [-0.4, -0.2) is 67.5 Å². The molecular weight excluding hydrogens is 502 g/mol. The first-order valence-corrected chi connectivity index (χ1v) is 10.9. The van der Waals surface area contributed by atoms with Crippen molar-refractivity contribution in [3.63, 3.8) is 0 Å². The first-order valence-electron chi connectivity index (χ1n) is 10.1. The number of anilines is 1. The molecule has 3 aromatic heterocycles. The molecule has 0 bridgehead atoms. The van der Waals surface area contributed by atoms with Gasteiger partial charge in [-0.15, -0.1) is 0 Å². The maximum absolute atomic E-state index is 13.0. The summed E-state index contributed by atoms with van der Waals surface area (Å²) in [5, 5.41) is 21.7. The first-order chi connectivity index (χ1) is 15.9. The topological polar surface area (TPSA) is 151 Å². The molecular formula is C19H20BrN7O6. The van der Waals surface area contributed by atoms with E-state index in [0.717, 1.165) is 0 Å². The largest absolute Gasteiger partial charge is 0.454 e. The molecule has 0 aliphatic carbocycles. The molecule has 13 nitrogen and oxygen atoms in total. The fraction of sp³-hybridized carbons (Fsp3) is 0.368. The van der Waals surface area contributed by atoms with Gasteiger partial charge in [0.2, 0.25) is 0 Å². The van der Waals surface area contributed by atoms with E-state index in [1.807, 2.05) is 6.92 Å². The van der Waals surface area contributed by atoms with Crippen LogP contribution in [0.2, 0.25) is 0 Å². The monoisotopic (exact) mass is 521 g/mol. The summed E-state index contributed by atoms with van der Waals surface area (Å²) in [7, 11) is 0. The minimum Gasteiger partial charge on any atom is -0.454 e. The van der Waals surface area contributed by atoms with E-state index < -0.39 is 10.8 Å². The number of carbonyl (C=O) groups excluding carboxylic acids is 2. The number of aromatic nitrogens is 4. The van der Waals surface area contributed by atoms with Crippen LogP contribution in [0, 0.1) is 10.1 Å². The summed E-state index contributed by atoms with van der Waals surface area (Å²) in [6, 6.07) is 3.05. The third kappa shape index (κ3) is 4.80. The van der Waals surface area contributed by atoms with Crippen LogP contribution in [0.15, 0.2) is 33.4 Å². The highest BCUT2D eigenvalue weighted by Crippen LogP contribution is 2.23. The summed E-state index contributed by atoms with van der Waals surface area (Å²) in [4.78, 5) is 37.8. The molecule has 1 aliphatic rings. The molecule has 0 aromatic carbocycles. The summed E-state index contributed by atoms with van der Waals surface area (Å²) in [6.07, 6.45) is 2.88. The zero-order valence-corrected chi connectivity index (χ0v) is 19.1. The van der Waals surface area contributed by atoms with Crippen molar-refractivity contribution in [2.45, 2.75) is 20.0 Å². The Labute approximate surface area is 195 Å². The second-order valence-corrected chi connectivity index (χ2v) is 7.96. The van der Waals surface area contributed by atoms with Gasteiger partial charge in [0.05, 0.1) is 36.4 Å². The number of nitrogens with one attached hydrogen (secondary N) is 1. The molecule has 1 fully saturated rings. The highest BCUT2D eigenvalue weighted by atomic mass is 79.9. The Bertz CT molecular complexity index is 1190. The Hall–Kier alpha value is -3.52. The number of halogens is 1. The van der Waals surface area contributed by atoms with Crippen molar-refractivity contribution >= 4 is 39.2 Å². The van der Waals surface area contributed by atoms with E-state index >= 15 is 0 Å². The fourth-order valence-electron chi connectivity index (χ4n) is 3.38. The molecule has 1 aliphatic heterocycles. The van der Waals surface area contributed by atoms with E-state index in [9.17, 15) is 19.7 Å². The number of hydrogen-bond donors (Lipinski definition) is 1. The number of amides is 2. The van der Waals surface area contributed by atoms with Crippen molar-refractivity contribution in [3.05, 3.63) is 56.3 Å². The molecule has 0 spiro atoms. The molecule has 0 atom stereocenters. The van der Waals surface area contributed by atoms with Gasteiger partial charge in [0.1, 0.15) is 22.5 Å². The lowest BCUT2D eigenvalue weighted by molar-refractivity contribution is -0.390. The Morgan fingerprint density at radius 1 is 1.30 bits per heavy atom. The smallest absolute Gasteiger partial charge is 0.404 e. The number of nitrogens with zero attached hydrogens (tertiary/aromatic N) is 6. The number of rotatable bonds is 7. The van der Waals surface area contributed by atoms with Gasteiger partial charge < -0.3 is 29.5 Å². The summed E-state index contributed by atoms with van der Waals surface area (Å²) in [5.74, 6) is -0.719. The summed E-state index contributed by atoms with van der Waals surface area (Å²) in [6.45, 7) is 4.24. The van der Waals surface area contributed by atoms with Crippen molar-refractivity contribution in [1.82, 2.24) is 24.5 Å². The van der Waals surface area contributed by atoms with E-state index in [2.05, 4.69) is 31.4 Å². The predicted molar refractivity (Wildman–Crippen MR) is 117 cm³/mol. The Balaban J connectivity index is 1.48. The van der Waals surface area contributed by atoms with Crippen LogP contribution in [0.1, 0.15) is 33.7 Å². The van der Waals surface area contributed by atoms with Crippen LogP contribution in [-0.2, 0) is 17.8 Å². The molecule has 1 N–H and O–H groups in total. The molecule has 14 heteroatoms. The average Bonchev–Trinajstić information content (AvgIpc) is 3.52. The van der Waals surface area contributed by atoms with Gasteiger partial charge in [0.15, 0.2) is 5.76 Å². The average molecular weight is 522 g/mol. The maximum Gasteiger partial charge on any atom is 0.404 e. The molecule has 33 heavy (non-hydrogen) atoms. The van der Waals surface area contributed by atoms with Gasteiger partial charge in [-0.3, -0.25) is 14.3 Å². The van der Waals surface area contributed by atoms with Crippen LogP contribution in [0.3, 0.4) is 0 Å². The number of furan rings is 1. The predicted octanol–water partition coefficient (Wildman–Crippen LogP) is 2.14. The lowest BCUT2D eigenvalue weighted by Gasteiger charge is -2.27. The second-order valence-electron chi connectivity index (χ2n) is 7.10. The first kappa shape index (κ1) is 22.7. The Kier molecular flexibility index (Phi) is 6.55. The van der Waals surface area contributed by atoms with E-state index in [1.165, 1.54) is 27.8 Å². The van der Waals surface area contributed by atoms with Crippen LogP contribution in [0.5, 0.6) is 0 Å². The van der Waals surface area contributed by atoms with E-state index in [-0.39, 0.29) is 39.9 Å². The van der Waals surface area contributed by atoms with Gasteiger partial charge in [0.25, 0.3) is 11.8 Å². The third-order valence-electron chi connectivity index (χ3n) is 4.96. The van der Waals surface area contributed by atoms with Gasteiger partial charge in [-0.2, -0.15) is 9.78 Å². The standard InChI is InChI=1S/C19H20BrN7O6/c1-2-26-16(19(29)24-5-7-32-8-6-24)14(9-21-26)22-18(28)15-4-3-12(33-15)10-25-11-13(20)17(23-25)27(30)31/h3-4,9,11H,2,5-8,10H2,1H3,(H,22,28). The van der Waals surface area contributed by atoms with Crippen LogP contribution >= 0.6 is 15.9 Å². The zero-order valence-electron chi connectivity index (χ0n) is 17.6. The van der Waals surface area contributed by atoms with Crippen LogP contribution < -0.4 is 5.32 Å². The Morgan fingerprint density at radius 2 is 2.06 bits per heavy atom. The molecule has 0 radical (unpaired) electrons. The van der Waals surface area contributed by atoms with Gasteiger partial charge >= 0.3 is 5.82 Å². The van der Waals surface area contributed by atoms with Gasteiger partial charge in [0, 0.05) is 19.6 Å². The highest BCUT2D eigenvalue weighted by molar-refractivity contribution is 9.10. The normalized spacial score (nSPS) is 13.8. The molecule has 174 valence electrons. The van der Waals surface area contributed by atoms with E-state index in [1.54, 1.807) is 11.0 Å². The second kappa shape index (κ2) is 9.54. The summed E-state index contributed by atoms with van der Waals surface area (Å²) >= 11 is 3.09. The minimum atomic E-state index is -0.603. The lowest BCUT2D eigenvalue weighted by atomic mass is 10.2. The van der Waals surface area contributed by atoms with Crippen molar-refractivity contribution in [1.29, 1.82) is 0 Å². The number of aryl methyl sites for hydroxylation is 1. The number of ether oxygens (including phenoxy) is 1. The van der Waals surface area contributed by atoms with Gasteiger partial charge in [-0.1, -0.05) is 0 Å². The van der Waals surface area contributed by atoms with Crippen LogP contribution in [0.25, 0.3) is 0 Å². The van der Waals surface area contributed by atoms with Crippen molar-refractivity contribution < 1.29 is 23.7 Å². The molecule has 4 heterocycles. The quantitative estimate of drug-likeness (QED) is 0.366. The third-order valence-corrected chi connectivity index (χ3v) is 5.52. The van der Waals surface area contributed by atoms with Gasteiger partial charge in [-0.05, 0) is 39.9 Å². The summed E-state index contributed by atoms with van der Waals surface area (Å²) < 4.78 is 14.0. The zero-order chi connectivity index (χ0) is 23.5. The molecule has 0 saturated carbocycles. The van der Waals surface area contributed by atoms with Crippen molar-refractivity contribution in [2.75, 3.05) is 31.6 Å². The molecule has 1 saturated heterocycles. The fourth-order valence-corrected chi connectivity index (χ4v) is 3.84. The van der Waals surface area contributed by atoms with Crippen LogP contribution in [0.4, 0.5) is 11.5 Å². The SMILES string of the molecule is CCn1ncc(NC(=O)c2ccc(Cn3cc(Br)c([N+](=O)[O-])n3)o2)c1C(=O)N1CCOCC1. The maximum atomic E-state index is 13.0. The molecule has 2 amide bonds. The van der Waals surface area contributed by atoms with E-state index in [4.69, 9.17) is 9.15 Å². The summed E-state index contributed by atoms with van der Waals surface area (Å²) in [5.41, 5.74) is 0.566. The number of hydrogen-bond acceptors (Lipinski definition) is 8. The highest BCUT2D eigenvalue weighted by Gasteiger charge is 2.27. The van der Waals surface area contributed by atoms with Crippen molar-refractivity contribution in [2.24, 2.45) is 0 Å². The Morgan fingerprint density at radius 3 is 2.73 bits per heavy atom. The number of morpholine rings is 1. The molecule has 4 rings (SSSR count).